The van der Waals surface area contributed by atoms with Crippen LogP contribution < -0.4 is 14.8 Å². The number of halogens is 2. The number of carbonyl (C=O) groups excluding carboxylic acids is 3. The summed E-state index contributed by atoms with van der Waals surface area (Å²) in [6.45, 7) is 18.3. The molecule has 2 heterocycles. The standard InChI is InChI=1S/C22H27BrN2O3.C13H9BrO2.C9H18N2O2/c1-22(2,3)28-21(26)25-13-11-24(12-14-25)16-17-9-10-18(23)15-20(17)27-19-7-5-4-6-8-19;14-11-7-6-10(9-15)13(8-11)16-12-4-2-1-3-5-12;1-9(2,3)13-8(12)11-6-4-10-5-7-11/h4-10,15H,11-14,16H2,1-3H3;1-9H;10H,4-7H2,1-3H3. The van der Waals surface area contributed by atoms with E-state index in [1.807, 2.05) is 120 Å². The minimum absolute atomic E-state index is 0.200. The maximum Gasteiger partial charge on any atom is 0.410 e. The van der Waals surface area contributed by atoms with Gasteiger partial charge in [-0.15, -0.1) is 0 Å². The molecule has 0 aromatic heterocycles. The number of hydrogen-bond donors (Lipinski definition) is 1. The van der Waals surface area contributed by atoms with E-state index in [1.165, 1.54) is 0 Å². The zero-order valence-corrected chi connectivity index (χ0v) is 36.8. The number of nitrogens with one attached hydrogen (secondary N) is 1. The summed E-state index contributed by atoms with van der Waals surface area (Å²) in [7, 11) is 0. The molecule has 0 spiro atoms. The van der Waals surface area contributed by atoms with Crippen LogP contribution in [0.3, 0.4) is 0 Å². The molecule has 0 aliphatic carbocycles. The van der Waals surface area contributed by atoms with Crippen LogP contribution in [0.2, 0.25) is 0 Å². The molecule has 2 saturated heterocycles. The average Bonchev–Trinajstić information content (AvgIpc) is 3.17. The van der Waals surface area contributed by atoms with Crippen LogP contribution in [0.15, 0.2) is 106 Å². The fraction of sp³-hybridized carbons (Fsp3) is 0.386. The maximum atomic E-state index is 12.2. The van der Waals surface area contributed by atoms with Crippen LogP contribution in [0.5, 0.6) is 23.0 Å². The number of amides is 2. The second-order valence-corrected chi connectivity index (χ2v) is 17.2. The first kappa shape index (κ1) is 45.3. The number of rotatable bonds is 7. The molecule has 0 radical (unpaired) electrons. The lowest BCUT2D eigenvalue weighted by atomic mass is 10.1. The Hall–Kier alpha value is -4.43. The van der Waals surface area contributed by atoms with E-state index in [4.69, 9.17) is 18.9 Å². The van der Waals surface area contributed by atoms with Crippen LogP contribution >= 0.6 is 31.9 Å². The summed E-state index contributed by atoms with van der Waals surface area (Å²) >= 11 is 6.87. The second-order valence-electron chi connectivity index (χ2n) is 15.3. The highest BCUT2D eigenvalue weighted by Crippen LogP contribution is 2.30. The molecular weight excluding hydrogens is 856 g/mol. The molecule has 4 aromatic carbocycles. The largest absolute Gasteiger partial charge is 0.457 e. The Kier molecular flexibility index (Phi) is 17.4. The Morgan fingerprint density at radius 1 is 0.632 bits per heavy atom. The summed E-state index contributed by atoms with van der Waals surface area (Å²) in [6, 6.07) is 30.6. The van der Waals surface area contributed by atoms with Crippen LogP contribution in [-0.2, 0) is 16.0 Å². The molecule has 2 aliphatic rings. The molecule has 1 N–H and O–H groups in total. The highest BCUT2D eigenvalue weighted by molar-refractivity contribution is 9.10. The van der Waals surface area contributed by atoms with Gasteiger partial charge in [0.25, 0.3) is 0 Å². The molecule has 0 bridgehead atoms. The Balaban J connectivity index is 0.000000209. The molecule has 2 aliphatic heterocycles. The van der Waals surface area contributed by atoms with Gasteiger partial charge >= 0.3 is 12.2 Å². The fourth-order valence-electron chi connectivity index (χ4n) is 5.51. The van der Waals surface area contributed by atoms with Gasteiger partial charge in [0, 0.05) is 73.4 Å². The first-order valence-corrected chi connectivity index (χ1v) is 20.5. The third kappa shape index (κ3) is 16.5. The number of nitrogens with zero attached hydrogens (tertiary/aromatic N) is 3. The van der Waals surface area contributed by atoms with Crippen LogP contribution in [-0.4, -0.2) is 96.7 Å². The van der Waals surface area contributed by atoms with E-state index in [9.17, 15) is 14.4 Å². The molecule has 11 nitrogen and oxygen atoms in total. The first-order valence-electron chi connectivity index (χ1n) is 19.0. The lowest BCUT2D eigenvalue weighted by molar-refractivity contribution is 0.0137. The molecular formula is C44H54Br2N4O7. The number of ether oxygens (including phenoxy) is 4. The van der Waals surface area contributed by atoms with Crippen molar-refractivity contribution >= 4 is 50.3 Å². The van der Waals surface area contributed by atoms with Crippen molar-refractivity contribution in [1.29, 1.82) is 0 Å². The topological polar surface area (TPSA) is 110 Å². The maximum absolute atomic E-state index is 12.2. The lowest BCUT2D eigenvalue weighted by Gasteiger charge is -2.35. The number of piperazine rings is 2. The zero-order chi connectivity index (χ0) is 41.4. The summed E-state index contributed by atoms with van der Waals surface area (Å²) in [5.41, 5.74) is 0.807. The van der Waals surface area contributed by atoms with Gasteiger partial charge in [-0.25, -0.2) is 9.59 Å². The second kappa shape index (κ2) is 21.9. The molecule has 6 rings (SSSR count). The van der Waals surface area contributed by atoms with Gasteiger partial charge in [-0.05, 0) is 96.1 Å². The summed E-state index contributed by atoms with van der Waals surface area (Å²) in [5, 5.41) is 3.18. The first-order chi connectivity index (χ1) is 27.1. The lowest BCUT2D eigenvalue weighted by Crippen LogP contribution is -2.49. The van der Waals surface area contributed by atoms with Gasteiger partial charge in [-0.3, -0.25) is 9.69 Å². The van der Waals surface area contributed by atoms with Gasteiger partial charge in [-0.2, -0.15) is 0 Å². The number of para-hydroxylation sites is 2. The van der Waals surface area contributed by atoms with Gasteiger partial charge in [0.1, 0.15) is 34.2 Å². The molecule has 57 heavy (non-hydrogen) atoms. The van der Waals surface area contributed by atoms with Crippen LogP contribution in [0, 0.1) is 0 Å². The normalized spacial score (nSPS) is 14.5. The van der Waals surface area contributed by atoms with Gasteiger partial charge in [0.15, 0.2) is 6.29 Å². The van der Waals surface area contributed by atoms with Crippen molar-refractivity contribution < 1.29 is 33.3 Å². The number of benzene rings is 4. The highest BCUT2D eigenvalue weighted by Gasteiger charge is 2.26. The van der Waals surface area contributed by atoms with E-state index in [2.05, 4.69) is 48.1 Å². The van der Waals surface area contributed by atoms with E-state index < -0.39 is 5.60 Å². The molecule has 0 atom stereocenters. The molecule has 0 saturated carbocycles. The number of carbonyl (C=O) groups is 3. The Bertz CT molecular complexity index is 1870. The van der Waals surface area contributed by atoms with Gasteiger partial charge in [0.05, 0.1) is 5.56 Å². The van der Waals surface area contributed by atoms with Gasteiger partial charge in [-0.1, -0.05) is 74.3 Å². The van der Waals surface area contributed by atoms with Crippen molar-refractivity contribution in [3.8, 4) is 23.0 Å². The minimum Gasteiger partial charge on any atom is -0.457 e. The summed E-state index contributed by atoms with van der Waals surface area (Å²) in [5.74, 6) is 2.92. The quantitative estimate of drug-likeness (QED) is 0.181. The van der Waals surface area contributed by atoms with E-state index in [0.29, 0.717) is 30.2 Å². The molecule has 2 fully saturated rings. The Morgan fingerprint density at radius 2 is 1.09 bits per heavy atom. The smallest absolute Gasteiger partial charge is 0.410 e. The van der Waals surface area contributed by atoms with Crippen molar-refractivity contribution in [2.75, 3.05) is 52.4 Å². The summed E-state index contributed by atoms with van der Waals surface area (Å²) < 4.78 is 24.3. The van der Waals surface area contributed by atoms with Crippen LogP contribution in [0.4, 0.5) is 9.59 Å². The Labute approximate surface area is 353 Å². The van der Waals surface area contributed by atoms with E-state index >= 15 is 0 Å². The predicted octanol–water partition coefficient (Wildman–Crippen LogP) is 10.2. The van der Waals surface area contributed by atoms with Gasteiger partial charge in [0.2, 0.25) is 0 Å². The molecule has 2 amide bonds. The average molecular weight is 911 g/mol. The van der Waals surface area contributed by atoms with Crippen LogP contribution in [0.25, 0.3) is 0 Å². The third-order valence-electron chi connectivity index (χ3n) is 8.26. The van der Waals surface area contributed by atoms with Crippen molar-refractivity contribution in [3.63, 3.8) is 0 Å². The minimum atomic E-state index is -0.463. The molecule has 0 unspecified atom stereocenters. The van der Waals surface area contributed by atoms with Gasteiger partial charge < -0.3 is 34.1 Å². The summed E-state index contributed by atoms with van der Waals surface area (Å²) in [6.07, 6.45) is 0.350. The van der Waals surface area contributed by atoms with E-state index in [-0.39, 0.29) is 17.8 Å². The summed E-state index contributed by atoms with van der Waals surface area (Å²) in [4.78, 5) is 40.4. The van der Waals surface area contributed by atoms with E-state index in [1.54, 1.807) is 21.9 Å². The number of aldehydes is 1. The van der Waals surface area contributed by atoms with Crippen molar-refractivity contribution in [1.82, 2.24) is 20.0 Å². The van der Waals surface area contributed by atoms with E-state index in [0.717, 1.165) is 78.1 Å². The SMILES string of the molecule is CC(C)(C)OC(=O)N1CCN(Cc2ccc(Br)cc2Oc2ccccc2)CC1.CC(C)(C)OC(=O)N1CCNCC1.O=Cc1ccc(Br)cc1Oc1ccccc1. The predicted molar refractivity (Wildman–Crippen MR) is 230 cm³/mol. The van der Waals surface area contributed by atoms with Crippen molar-refractivity contribution in [2.24, 2.45) is 0 Å². The third-order valence-corrected chi connectivity index (χ3v) is 9.25. The Morgan fingerprint density at radius 3 is 1.58 bits per heavy atom. The fourth-order valence-corrected chi connectivity index (χ4v) is 6.19. The van der Waals surface area contributed by atoms with Crippen molar-refractivity contribution in [2.45, 2.75) is 59.3 Å². The molecule has 4 aromatic rings. The highest BCUT2D eigenvalue weighted by atomic mass is 79.9. The molecule has 306 valence electrons. The van der Waals surface area contributed by atoms with Crippen LogP contribution in [0.1, 0.15) is 57.5 Å². The number of hydrogen-bond acceptors (Lipinski definition) is 9. The van der Waals surface area contributed by atoms with Crippen molar-refractivity contribution in [3.05, 3.63) is 117 Å². The zero-order valence-electron chi connectivity index (χ0n) is 33.6. The molecule has 13 heteroatoms. The monoisotopic (exact) mass is 908 g/mol.